The van der Waals surface area contributed by atoms with Crippen molar-refractivity contribution >= 4 is 11.7 Å². The zero-order chi connectivity index (χ0) is 24.3. The molecule has 0 radical (unpaired) electrons. The van der Waals surface area contributed by atoms with Crippen molar-refractivity contribution in [1.29, 1.82) is 0 Å². The lowest BCUT2D eigenvalue weighted by atomic mass is 9.96. The Morgan fingerprint density at radius 2 is 1.60 bits per heavy atom. The van der Waals surface area contributed by atoms with Crippen molar-refractivity contribution in [2.75, 3.05) is 40.0 Å². The fourth-order valence-corrected chi connectivity index (χ4v) is 5.27. The highest BCUT2D eigenvalue weighted by atomic mass is 16.5. The molecule has 1 atom stereocenters. The number of amides is 1. The molecule has 0 aromatic rings. The molecule has 0 N–H and O–H groups in total. The first-order valence-corrected chi connectivity index (χ1v) is 13.8. The zero-order valence-electron chi connectivity index (χ0n) is 21.5. The number of hydrogen-bond donors (Lipinski definition) is 0. The van der Waals surface area contributed by atoms with E-state index in [9.17, 15) is 4.79 Å². The predicted octanol–water partition coefficient (Wildman–Crippen LogP) is 5.18. The number of hydrogen-bond acceptors (Lipinski definition) is 5. The standard InChI is InChI=1S/C23H31N3O3.C6H12/c1-25-22(24-19-7-3-2-4-8-19)17-29-21(23(25)27)16-18-6-5-9-20(11-10-18)26-12-14-28-15-13-26;1-2-4-6-5-3-1/h5-6,9-11,16,19-20H,2-4,7-8,12-15,17H2,1H3;1-6H2/b21-16+,24-22?;. The van der Waals surface area contributed by atoms with E-state index in [0.717, 1.165) is 50.6 Å². The van der Waals surface area contributed by atoms with Gasteiger partial charge in [0.1, 0.15) is 12.4 Å². The number of morpholine rings is 2. The molecule has 1 unspecified atom stereocenters. The highest BCUT2D eigenvalue weighted by Crippen LogP contribution is 2.23. The van der Waals surface area contributed by atoms with E-state index in [0.29, 0.717) is 18.4 Å². The lowest BCUT2D eigenvalue weighted by molar-refractivity contribution is -0.127. The molecular formula is C29H43N3O3. The molecular weight excluding hydrogens is 438 g/mol. The third-order valence-electron chi connectivity index (χ3n) is 7.51. The molecule has 0 spiro atoms. The number of carbonyl (C=O) groups is 1. The Morgan fingerprint density at radius 1 is 0.943 bits per heavy atom. The van der Waals surface area contributed by atoms with Crippen LogP contribution in [0.15, 0.2) is 52.8 Å². The van der Waals surface area contributed by atoms with Crippen molar-refractivity contribution in [3.8, 4) is 0 Å². The van der Waals surface area contributed by atoms with E-state index in [1.165, 1.54) is 57.8 Å². The van der Waals surface area contributed by atoms with Crippen LogP contribution in [0.3, 0.4) is 0 Å². The Bertz CT molecular complexity index is 830. The normalized spacial score (nSPS) is 28.8. The van der Waals surface area contributed by atoms with Crippen LogP contribution in [-0.4, -0.2) is 73.6 Å². The maximum absolute atomic E-state index is 12.8. The predicted molar refractivity (Wildman–Crippen MR) is 141 cm³/mol. The average molecular weight is 482 g/mol. The smallest absolute Gasteiger partial charge is 0.294 e. The Balaban J connectivity index is 0.000000421. The largest absolute Gasteiger partial charge is 0.480 e. The Hall–Kier alpha value is -2.18. The number of aliphatic imine (C=N–C) groups is 1. The van der Waals surface area contributed by atoms with Gasteiger partial charge in [-0.2, -0.15) is 0 Å². The molecule has 192 valence electrons. The summed E-state index contributed by atoms with van der Waals surface area (Å²) in [4.78, 5) is 21.7. The van der Waals surface area contributed by atoms with E-state index in [4.69, 9.17) is 14.5 Å². The van der Waals surface area contributed by atoms with Gasteiger partial charge in [0.25, 0.3) is 5.91 Å². The van der Waals surface area contributed by atoms with Crippen LogP contribution < -0.4 is 0 Å². The van der Waals surface area contributed by atoms with Gasteiger partial charge in [-0.15, -0.1) is 0 Å². The third-order valence-corrected chi connectivity index (χ3v) is 7.51. The summed E-state index contributed by atoms with van der Waals surface area (Å²) in [6.45, 7) is 3.79. The minimum Gasteiger partial charge on any atom is -0.480 e. The van der Waals surface area contributed by atoms with Gasteiger partial charge >= 0.3 is 0 Å². The molecule has 0 aromatic heterocycles. The lowest BCUT2D eigenvalue weighted by Crippen LogP contribution is -2.43. The van der Waals surface area contributed by atoms with Crippen molar-refractivity contribution < 1.29 is 14.3 Å². The van der Waals surface area contributed by atoms with Gasteiger partial charge < -0.3 is 9.47 Å². The molecule has 2 saturated heterocycles. The monoisotopic (exact) mass is 481 g/mol. The van der Waals surface area contributed by atoms with Crippen LogP contribution in [0.2, 0.25) is 0 Å². The van der Waals surface area contributed by atoms with Crippen molar-refractivity contribution in [2.45, 2.75) is 82.7 Å². The number of ether oxygens (including phenoxy) is 2. The summed E-state index contributed by atoms with van der Waals surface area (Å²) < 4.78 is 11.3. The zero-order valence-corrected chi connectivity index (χ0v) is 21.5. The first-order valence-electron chi connectivity index (χ1n) is 13.8. The highest BCUT2D eigenvalue weighted by Gasteiger charge is 2.28. The molecule has 3 aliphatic carbocycles. The third kappa shape index (κ3) is 7.91. The lowest BCUT2D eigenvalue weighted by Gasteiger charge is -2.30. The molecule has 5 rings (SSSR count). The summed E-state index contributed by atoms with van der Waals surface area (Å²) in [5.41, 5.74) is 0.960. The summed E-state index contributed by atoms with van der Waals surface area (Å²) >= 11 is 0. The second-order valence-corrected chi connectivity index (χ2v) is 10.2. The van der Waals surface area contributed by atoms with E-state index < -0.39 is 0 Å². The molecule has 35 heavy (non-hydrogen) atoms. The van der Waals surface area contributed by atoms with Gasteiger partial charge in [0, 0.05) is 26.2 Å². The van der Waals surface area contributed by atoms with Crippen LogP contribution >= 0.6 is 0 Å². The number of likely N-dealkylation sites (N-methyl/N-ethyl adjacent to an activating group) is 1. The van der Waals surface area contributed by atoms with Gasteiger partial charge in [-0.25, -0.2) is 0 Å². The van der Waals surface area contributed by atoms with Crippen molar-refractivity contribution in [2.24, 2.45) is 4.99 Å². The van der Waals surface area contributed by atoms with Crippen LogP contribution in [-0.2, 0) is 14.3 Å². The number of amidine groups is 1. The van der Waals surface area contributed by atoms with Crippen LogP contribution in [0.25, 0.3) is 0 Å². The molecule has 2 heterocycles. The molecule has 4 fully saturated rings. The second-order valence-electron chi connectivity index (χ2n) is 10.2. The van der Waals surface area contributed by atoms with Crippen LogP contribution in [0.1, 0.15) is 70.6 Å². The van der Waals surface area contributed by atoms with Crippen LogP contribution in [0, 0.1) is 0 Å². The maximum atomic E-state index is 12.8. The SMILES string of the molecule is C1CCCCC1.CN1C(=O)/C(=C\C2=CC=CC(N3CCOCC3)C=C2)OCC1=NC1CCCCC1. The number of carbonyl (C=O) groups excluding carboxylic acids is 1. The van der Waals surface area contributed by atoms with Gasteiger partial charge in [0.2, 0.25) is 0 Å². The fraction of sp³-hybridized carbons (Fsp3) is 0.655. The Labute approximate surface area is 211 Å². The summed E-state index contributed by atoms with van der Waals surface area (Å²) in [6, 6.07) is 0.587. The van der Waals surface area contributed by atoms with Crippen molar-refractivity contribution in [3.05, 3.63) is 47.8 Å². The van der Waals surface area contributed by atoms with Crippen LogP contribution in [0.5, 0.6) is 0 Å². The number of nitrogens with zero attached hydrogens (tertiary/aromatic N) is 3. The molecule has 6 nitrogen and oxygen atoms in total. The second kappa shape index (κ2) is 13.8. The van der Waals surface area contributed by atoms with Crippen molar-refractivity contribution in [3.63, 3.8) is 0 Å². The topological polar surface area (TPSA) is 54.4 Å². The minimum atomic E-state index is -0.127. The first kappa shape index (κ1) is 25.9. The van der Waals surface area contributed by atoms with Gasteiger partial charge in [0.15, 0.2) is 5.76 Å². The summed E-state index contributed by atoms with van der Waals surface area (Å²) in [7, 11) is 1.80. The van der Waals surface area contributed by atoms with E-state index in [-0.39, 0.29) is 11.9 Å². The molecule has 5 aliphatic rings. The van der Waals surface area contributed by atoms with Crippen molar-refractivity contribution in [1.82, 2.24) is 9.80 Å². The molecule has 1 amide bonds. The van der Waals surface area contributed by atoms with E-state index in [1.807, 2.05) is 12.2 Å². The number of rotatable bonds is 3. The summed E-state index contributed by atoms with van der Waals surface area (Å²) in [6.07, 6.45) is 27.3. The molecule has 2 aliphatic heterocycles. The van der Waals surface area contributed by atoms with Gasteiger partial charge in [-0.05, 0) is 24.5 Å². The molecule has 2 saturated carbocycles. The Morgan fingerprint density at radius 3 is 2.29 bits per heavy atom. The maximum Gasteiger partial charge on any atom is 0.294 e. The quantitative estimate of drug-likeness (QED) is 0.521. The molecule has 0 aromatic carbocycles. The Kier molecular flexibility index (Phi) is 10.2. The first-order chi connectivity index (χ1) is 17.2. The van der Waals surface area contributed by atoms with E-state index in [1.54, 1.807) is 11.9 Å². The number of allylic oxidation sites excluding steroid dienone is 5. The molecule has 6 heteroatoms. The van der Waals surface area contributed by atoms with E-state index in [2.05, 4.69) is 29.2 Å². The fourth-order valence-electron chi connectivity index (χ4n) is 5.27. The van der Waals surface area contributed by atoms with Gasteiger partial charge in [-0.1, -0.05) is 88.2 Å². The average Bonchev–Trinajstić information content (AvgIpc) is 3.17. The molecule has 0 bridgehead atoms. The summed E-state index contributed by atoms with van der Waals surface area (Å²) in [5.74, 6) is 0.999. The minimum absolute atomic E-state index is 0.127. The van der Waals surface area contributed by atoms with Crippen LogP contribution in [0.4, 0.5) is 0 Å². The summed E-state index contributed by atoms with van der Waals surface area (Å²) in [5, 5.41) is 0. The van der Waals surface area contributed by atoms with Gasteiger partial charge in [-0.3, -0.25) is 19.6 Å². The van der Waals surface area contributed by atoms with Gasteiger partial charge in [0.05, 0.1) is 19.3 Å². The highest BCUT2D eigenvalue weighted by molar-refractivity contribution is 6.07. The van der Waals surface area contributed by atoms with E-state index >= 15 is 0 Å².